The maximum absolute atomic E-state index is 10.4. The summed E-state index contributed by atoms with van der Waals surface area (Å²) < 4.78 is 22.9. The molecule has 0 saturated carbocycles. The minimum atomic E-state index is -3.69. The molecule has 1 N–H and O–H groups in total. The van der Waals surface area contributed by atoms with Crippen molar-refractivity contribution in [3.63, 3.8) is 0 Å². The Kier molecular flexibility index (Phi) is 2.31. The number of rotatable bonds is 2. The van der Waals surface area contributed by atoms with E-state index in [0.717, 1.165) is 0 Å². The first-order valence-corrected chi connectivity index (χ1v) is 5.01. The molecular formula is C5H5ClN2O2S. The predicted octanol–water partition coefficient (Wildman–Crippen LogP) is 0.977. The first kappa shape index (κ1) is 8.29. The van der Waals surface area contributed by atoms with Crippen LogP contribution in [0.15, 0.2) is 24.5 Å². The second-order valence-electron chi connectivity index (χ2n) is 1.78. The SMILES string of the molecule is O=S(=O)(Cl)Nc1cccnc1. The van der Waals surface area contributed by atoms with Crippen LogP contribution in [0.4, 0.5) is 5.69 Å². The molecule has 4 nitrogen and oxygen atoms in total. The molecule has 1 heterocycles. The Morgan fingerprint density at radius 1 is 1.55 bits per heavy atom. The molecule has 1 rings (SSSR count). The van der Waals surface area contributed by atoms with Crippen molar-refractivity contribution in [3.8, 4) is 0 Å². The maximum atomic E-state index is 10.4. The highest BCUT2D eigenvalue weighted by Crippen LogP contribution is 2.07. The van der Waals surface area contributed by atoms with Gasteiger partial charge in [-0.3, -0.25) is 9.71 Å². The van der Waals surface area contributed by atoms with Crippen LogP contribution in [-0.4, -0.2) is 13.4 Å². The zero-order chi connectivity index (χ0) is 8.32. The fourth-order valence-electron chi connectivity index (χ4n) is 0.564. The highest BCUT2D eigenvalue weighted by molar-refractivity contribution is 8.14. The predicted molar refractivity (Wildman–Crippen MR) is 42.6 cm³/mol. The van der Waals surface area contributed by atoms with Crippen LogP contribution in [0.5, 0.6) is 0 Å². The standard InChI is InChI=1S/C5H5ClN2O2S/c6-11(9,10)8-5-2-1-3-7-4-5/h1-4,8H. The van der Waals surface area contributed by atoms with Crippen molar-refractivity contribution in [2.75, 3.05) is 4.72 Å². The van der Waals surface area contributed by atoms with Crippen LogP contribution in [0.1, 0.15) is 0 Å². The Labute approximate surface area is 68.8 Å². The molecule has 0 spiro atoms. The van der Waals surface area contributed by atoms with E-state index in [1.54, 1.807) is 12.1 Å². The molecule has 0 atom stereocenters. The van der Waals surface area contributed by atoms with E-state index in [0.29, 0.717) is 5.69 Å². The van der Waals surface area contributed by atoms with Crippen LogP contribution < -0.4 is 4.72 Å². The third-order valence-corrected chi connectivity index (χ3v) is 1.61. The summed E-state index contributed by atoms with van der Waals surface area (Å²) in [7, 11) is 1.21. The van der Waals surface area contributed by atoms with Gasteiger partial charge in [-0.05, 0) is 12.1 Å². The molecule has 0 unspecified atom stereocenters. The summed E-state index contributed by atoms with van der Waals surface area (Å²) in [5.41, 5.74) is 0.350. The summed E-state index contributed by atoms with van der Waals surface area (Å²) in [4.78, 5) is 3.68. The Hall–Kier alpha value is -0.810. The highest BCUT2D eigenvalue weighted by Gasteiger charge is 2.02. The molecule has 0 amide bonds. The molecule has 0 aromatic carbocycles. The molecule has 0 radical (unpaired) electrons. The average molecular weight is 193 g/mol. The molecule has 60 valence electrons. The van der Waals surface area contributed by atoms with Crippen LogP contribution in [0, 0.1) is 0 Å². The van der Waals surface area contributed by atoms with Gasteiger partial charge >= 0.3 is 9.24 Å². The van der Waals surface area contributed by atoms with Crippen molar-refractivity contribution in [2.24, 2.45) is 0 Å². The largest absolute Gasteiger partial charge is 0.319 e. The maximum Gasteiger partial charge on any atom is 0.319 e. The quantitative estimate of drug-likeness (QED) is 0.711. The van der Waals surface area contributed by atoms with Crippen LogP contribution in [-0.2, 0) is 9.24 Å². The van der Waals surface area contributed by atoms with Gasteiger partial charge in [0.1, 0.15) is 0 Å². The molecule has 0 aliphatic rings. The van der Waals surface area contributed by atoms with E-state index in [1.165, 1.54) is 12.4 Å². The molecule has 0 bridgehead atoms. The van der Waals surface area contributed by atoms with Crippen molar-refractivity contribution in [1.82, 2.24) is 4.98 Å². The lowest BCUT2D eigenvalue weighted by Gasteiger charge is -1.98. The highest BCUT2D eigenvalue weighted by atomic mass is 35.7. The van der Waals surface area contributed by atoms with E-state index in [4.69, 9.17) is 10.7 Å². The molecule has 1 aromatic heterocycles. The van der Waals surface area contributed by atoms with Gasteiger partial charge in [-0.2, -0.15) is 8.42 Å². The zero-order valence-electron chi connectivity index (χ0n) is 5.36. The van der Waals surface area contributed by atoms with E-state index in [2.05, 4.69) is 9.71 Å². The zero-order valence-corrected chi connectivity index (χ0v) is 6.93. The Bertz CT molecular complexity index is 324. The number of hydrogen-bond donors (Lipinski definition) is 1. The van der Waals surface area contributed by atoms with E-state index >= 15 is 0 Å². The minimum absolute atomic E-state index is 0.350. The summed E-state index contributed by atoms with van der Waals surface area (Å²) in [6.45, 7) is 0. The third-order valence-electron chi connectivity index (χ3n) is 0.901. The van der Waals surface area contributed by atoms with E-state index < -0.39 is 9.24 Å². The van der Waals surface area contributed by atoms with Gasteiger partial charge in [0.2, 0.25) is 0 Å². The van der Waals surface area contributed by atoms with Crippen molar-refractivity contribution in [1.29, 1.82) is 0 Å². The average Bonchev–Trinajstić information content (AvgIpc) is 1.85. The lowest BCUT2D eigenvalue weighted by atomic mass is 10.4. The summed E-state index contributed by atoms with van der Waals surface area (Å²) in [5, 5.41) is 0. The monoisotopic (exact) mass is 192 g/mol. The van der Waals surface area contributed by atoms with Gasteiger partial charge in [-0.25, -0.2) is 0 Å². The van der Waals surface area contributed by atoms with Gasteiger partial charge in [0, 0.05) is 16.9 Å². The van der Waals surface area contributed by atoms with Gasteiger partial charge in [-0.15, -0.1) is 0 Å². The fourth-order valence-corrected chi connectivity index (χ4v) is 1.23. The number of aromatic nitrogens is 1. The summed E-state index contributed by atoms with van der Waals surface area (Å²) in [6, 6.07) is 3.15. The molecule has 0 aliphatic carbocycles. The van der Waals surface area contributed by atoms with Gasteiger partial charge in [0.05, 0.1) is 11.9 Å². The fraction of sp³-hybridized carbons (Fsp3) is 0. The van der Waals surface area contributed by atoms with Crippen molar-refractivity contribution >= 4 is 25.6 Å². The van der Waals surface area contributed by atoms with E-state index in [-0.39, 0.29) is 0 Å². The molecule has 6 heteroatoms. The Morgan fingerprint density at radius 3 is 2.73 bits per heavy atom. The number of hydrogen-bond acceptors (Lipinski definition) is 3. The van der Waals surface area contributed by atoms with Crippen molar-refractivity contribution in [2.45, 2.75) is 0 Å². The minimum Gasteiger partial charge on any atom is -0.269 e. The van der Waals surface area contributed by atoms with Crippen molar-refractivity contribution in [3.05, 3.63) is 24.5 Å². The second kappa shape index (κ2) is 3.06. The normalized spacial score (nSPS) is 11.0. The second-order valence-corrected chi connectivity index (χ2v) is 4.08. The van der Waals surface area contributed by atoms with Crippen LogP contribution in [0.3, 0.4) is 0 Å². The molecule has 1 aromatic rings. The first-order chi connectivity index (χ1) is 5.08. The lowest BCUT2D eigenvalue weighted by Crippen LogP contribution is -2.03. The Balaban J connectivity index is 2.82. The van der Waals surface area contributed by atoms with Crippen LogP contribution >= 0.6 is 10.7 Å². The summed E-state index contributed by atoms with van der Waals surface area (Å²) in [5.74, 6) is 0. The third kappa shape index (κ3) is 3.20. The first-order valence-electron chi connectivity index (χ1n) is 2.70. The van der Waals surface area contributed by atoms with Crippen LogP contribution in [0.25, 0.3) is 0 Å². The molecule has 0 saturated heterocycles. The molecular weight excluding hydrogens is 188 g/mol. The van der Waals surface area contributed by atoms with E-state index in [1.807, 2.05) is 0 Å². The number of nitrogens with zero attached hydrogens (tertiary/aromatic N) is 1. The molecule has 0 aliphatic heterocycles. The van der Waals surface area contributed by atoms with Gasteiger partial charge in [0.15, 0.2) is 0 Å². The summed E-state index contributed by atoms with van der Waals surface area (Å²) >= 11 is 0. The topological polar surface area (TPSA) is 59.1 Å². The summed E-state index contributed by atoms with van der Waals surface area (Å²) in [6.07, 6.45) is 2.89. The number of nitrogens with one attached hydrogen (secondary N) is 1. The van der Waals surface area contributed by atoms with Crippen molar-refractivity contribution < 1.29 is 8.42 Å². The molecule has 11 heavy (non-hydrogen) atoms. The van der Waals surface area contributed by atoms with Crippen LogP contribution in [0.2, 0.25) is 0 Å². The lowest BCUT2D eigenvalue weighted by molar-refractivity contribution is 0.614. The number of anilines is 1. The Morgan fingerprint density at radius 2 is 2.27 bits per heavy atom. The van der Waals surface area contributed by atoms with E-state index in [9.17, 15) is 8.42 Å². The molecule has 0 fully saturated rings. The smallest absolute Gasteiger partial charge is 0.269 e. The van der Waals surface area contributed by atoms with Gasteiger partial charge in [-0.1, -0.05) is 0 Å². The number of pyridine rings is 1. The van der Waals surface area contributed by atoms with Gasteiger partial charge < -0.3 is 0 Å². The van der Waals surface area contributed by atoms with Gasteiger partial charge in [0.25, 0.3) is 0 Å². The number of halogens is 1.